The fourth-order valence-corrected chi connectivity index (χ4v) is 7.24. The minimum absolute atomic E-state index is 0.00343. The van der Waals surface area contributed by atoms with Gasteiger partial charge in [-0.25, -0.2) is 0 Å². The Labute approximate surface area is 244 Å². The van der Waals surface area contributed by atoms with Crippen LogP contribution < -0.4 is 4.90 Å². The van der Waals surface area contributed by atoms with Crippen LogP contribution in [-0.4, -0.2) is 71.3 Å². The number of carbonyl (C=O) groups is 3. The average molecular weight is 567 g/mol. The lowest BCUT2D eigenvalue weighted by Gasteiger charge is -2.37. The third-order valence-electron chi connectivity index (χ3n) is 9.26. The number of hydrogen-bond acceptors (Lipinski definition) is 6. The fourth-order valence-electron chi connectivity index (χ4n) is 7.24. The lowest BCUT2D eigenvalue weighted by Crippen LogP contribution is -2.56. The molecular formula is C33H46N2O6. The zero-order chi connectivity index (χ0) is 29.8. The van der Waals surface area contributed by atoms with E-state index in [1.807, 2.05) is 45.0 Å². The van der Waals surface area contributed by atoms with Crippen LogP contribution in [0.1, 0.15) is 69.4 Å². The van der Waals surface area contributed by atoms with Gasteiger partial charge in [0.1, 0.15) is 17.6 Å². The number of esters is 1. The average Bonchev–Trinajstić information content (AvgIpc) is 3.56. The monoisotopic (exact) mass is 566 g/mol. The molecule has 1 spiro atoms. The standard InChI is InChI=1S/C33H46N2O6/c1-6-9-10-13-21-40-31(39)27-26-29(37)35(19-11-12-20-36)28(33(26)17-16-32(27,8-3)41-33)30(38)34(18-7-2)25-22-23(4)14-15-24(25)5/h6-7,14-15,22,26-28,36H,1-2,8-13,16-21H2,3-5H3/t26-,27-,28?,32+,33?/m0/s1. The summed E-state index contributed by atoms with van der Waals surface area (Å²) in [6.07, 6.45) is 8.66. The molecular weight excluding hydrogens is 520 g/mol. The van der Waals surface area contributed by atoms with Crippen molar-refractivity contribution in [3.8, 4) is 0 Å². The quantitative estimate of drug-likeness (QED) is 0.189. The summed E-state index contributed by atoms with van der Waals surface area (Å²) in [6.45, 7) is 14.4. The Kier molecular flexibility index (Phi) is 9.75. The van der Waals surface area contributed by atoms with Gasteiger partial charge >= 0.3 is 5.97 Å². The first-order valence-corrected chi connectivity index (χ1v) is 15.1. The van der Waals surface area contributed by atoms with Crippen LogP contribution in [0.4, 0.5) is 5.69 Å². The van der Waals surface area contributed by atoms with Gasteiger partial charge in [-0.05, 0) is 82.4 Å². The van der Waals surface area contributed by atoms with E-state index in [0.717, 1.165) is 36.1 Å². The lowest BCUT2D eigenvalue weighted by molar-refractivity contribution is -0.161. The molecule has 0 aliphatic carbocycles. The highest BCUT2D eigenvalue weighted by Crippen LogP contribution is 2.64. The number of anilines is 1. The van der Waals surface area contributed by atoms with E-state index in [1.54, 1.807) is 15.9 Å². The Morgan fingerprint density at radius 1 is 1.17 bits per heavy atom. The molecule has 224 valence electrons. The highest BCUT2D eigenvalue weighted by Gasteiger charge is 2.79. The number of aliphatic hydroxyl groups excluding tert-OH is 1. The van der Waals surface area contributed by atoms with Crippen LogP contribution in [0, 0.1) is 25.7 Å². The fraction of sp³-hybridized carbons (Fsp3) is 0.606. The highest BCUT2D eigenvalue weighted by atomic mass is 16.6. The maximum atomic E-state index is 14.7. The summed E-state index contributed by atoms with van der Waals surface area (Å²) in [6, 6.07) is 5.08. The van der Waals surface area contributed by atoms with E-state index in [2.05, 4.69) is 13.2 Å². The van der Waals surface area contributed by atoms with Crippen molar-refractivity contribution in [2.45, 2.75) is 89.4 Å². The summed E-state index contributed by atoms with van der Waals surface area (Å²) in [7, 11) is 0. The normalized spacial score (nSPS) is 28.0. The van der Waals surface area contributed by atoms with Crippen LogP contribution in [0.5, 0.6) is 0 Å². The number of hydrogen-bond donors (Lipinski definition) is 1. The SMILES string of the molecule is C=CCCCCOC(=O)[C@@H]1[C@H]2C(=O)N(CCCCO)C(C(=O)N(CC=C)c3cc(C)ccc3C)C23CC[C@@]1(CC)O3. The minimum Gasteiger partial charge on any atom is -0.465 e. The Hall–Kier alpha value is -2.97. The van der Waals surface area contributed by atoms with Crippen LogP contribution >= 0.6 is 0 Å². The molecule has 41 heavy (non-hydrogen) atoms. The van der Waals surface area contributed by atoms with Gasteiger partial charge in [-0.1, -0.05) is 31.2 Å². The van der Waals surface area contributed by atoms with Crippen molar-refractivity contribution in [3.63, 3.8) is 0 Å². The summed E-state index contributed by atoms with van der Waals surface area (Å²) in [5.41, 5.74) is 0.773. The number of amides is 2. The van der Waals surface area contributed by atoms with Crippen LogP contribution in [-0.2, 0) is 23.9 Å². The number of unbranched alkanes of at least 4 members (excludes halogenated alkanes) is 3. The van der Waals surface area contributed by atoms with E-state index < -0.39 is 35.0 Å². The molecule has 0 radical (unpaired) electrons. The molecule has 5 atom stereocenters. The Morgan fingerprint density at radius 3 is 2.63 bits per heavy atom. The van der Waals surface area contributed by atoms with Gasteiger partial charge in [0.2, 0.25) is 5.91 Å². The van der Waals surface area contributed by atoms with E-state index in [4.69, 9.17) is 9.47 Å². The molecule has 3 heterocycles. The minimum atomic E-state index is -1.12. The van der Waals surface area contributed by atoms with Crippen molar-refractivity contribution in [1.82, 2.24) is 4.90 Å². The number of nitrogens with zero attached hydrogens (tertiary/aromatic N) is 2. The van der Waals surface area contributed by atoms with E-state index >= 15 is 0 Å². The van der Waals surface area contributed by atoms with Crippen molar-refractivity contribution in [2.24, 2.45) is 11.8 Å². The molecule has 0 saturated carbocycles. The van der Waals surface area contributed by atoms with Gasteiger partial charge in [-0.2, -0.15) is 0 Å². The number of likely N-dealkylation sites (tertiary alicyclic amines) is 1. The maximum Gasteiger partial charge on any atom is 0.312 e. The van der Waals surface area contributed by atoms with Crippen molar-refractivity contribution in [3.05, 3.63) is 54.6 Å². The number of benzene rings is 1. The molecule has 8 heteroatoms. The number of allylic oxidation sites excluding steroid dienone is 1. The topological polar surface area (TPSA) is 96.4 Å². The number of ether oxygens (including phenoxy) is 2. The van der Waals surface area contributed by atoms with Crippen molar-refractivity contribution in [1.29, 1.82) is 0 Å². The van der Waals surface area contributed by atoms with Crippen LogP contribution in [0.3, 0.4) is 0 Å². The molecule has 2 bridgehead atoms. The van der Waals surface area contributed by atoms with Gasteiger partial charge < -0.3 is 24.4 Å². The summed E-state index contributed by atoms with van der Waals surface area (Å²) in [5.74, 6) is -2.43. The van der Waals surface area contributed by atoms with E-state index in [1.165, 1.54) is 0 Å². The molecule has 0 aromatic heterocycles. The molecule has 4 rings (SSSR count). The first-order valence-electron chi connectivity index (χ1n) is 15.1. The molecule has 1 N–H and O–H groups in total. The highest BCUT2D eigenvalue weighted by molar-refractivity contribution is 6.05. The largest absolute Gasteiger partial charge is 0.465 e. The molecule has 3 fully saturated rings. The molecule has 8 nitrogen and oxygen atoms in total. The third kappa shape index (κ3) is 5.48. The van der Waals surface area contributed by atoms with Gasteiger partial charge in [0.05, 0.1) is 18.1 Å². The summed E-state index contributed by atoms with van der Waals surface area (Å²) < 4.78 is 12.6. The van der Waals surface area contributed by atoms with Crippen molar-refractivity contribution >= 4 is 23.5 Å². The lowest BCUT2D eigenvalue weighted by atomic mass is 9.65. The zero-order valence-corrected chi connectivity index (χ0v) is 24.9. The number of aryl methyl sites for hydroxylation is 2. The molecule has 3 aliphatic rings. The van der Waals surface area contributed by atoms with E-state index in [-0.39, 0.29) is 31.6 Å². The van der Waals surface area contributed by atoms with E-state index in [0.29, 0.717) is 38.6 Å². The van der Waals surface area contributed by atoms with Crippen molar-refractivity contribution in [2.75, 3.05) is 31.2 Å². The molecule has 1 aromatic rings. The van der Waals surface area contributed by atoms with Gasteiger partial charge in [-0.3, -0.25) is 14.4 Å². The predicted octanol–water partition coefficient (Wildman–Crippen LogP) is 4.65. The zero-order valence-electron chi connectivity index (χ0n) is 24.9. The molecule has 2 unspecified atom stereocenters. The maximum absolute atomic E-state index is 14.7. The van der Waals surface area contributed by atoms with Crippen LogP contribution in [0.15, 0.2) is 43.5 Å². The summed E-state index contributed by atoms with van der Waals surface area (Å²) >= 11 is 0. The molecule has 3 aliphatic heterocycles. The van der Waals surface area contributed by atoms with Gasteiger partial charge in [0.25, 0.3) is 5.91 Å². The second-order valence-electron chi connectivity index (χ2n) is 11.8. The van der Waals surface area contributed by atoms with Gasteiger partial charge in [0, 0.05) is 25.4 Å². The van der Waals surface area contributed by atoms with E-state index in [9.17, 15) is 19.5 Å². The predicted molar refractivity (Wildman–Crippen MR) is 158 cm³/mol. The second-order valence-corrected chi connectivity index (χ2v) is 11.8. The van der Waals surface area contributed by atoms with Crippen LogP contribution in [0.2, 0.25) is 0 Å². The second kappa shape index (κ2) is 12.9. The molecule has 3 saturated heterocycles. The van der Waals surface area contributed by atoms with Crippen molar-refractivity contribution < 1.29 is 29.0 Å². The summed E-state index contributed by atoms with van der Waals surface area (Å²) in [5, 5.41) is 9.45. The number of aliphatic hydroxyl groups is 1. The Balaban J connectivity index is 1.74. The third-order valence-corrected chi connectivity index (χ3v) is 9.26. The molecule has 2 amide bonds. The van der Waals surface area contributed by atoms with Gasteiger partial charge in [0.15, 0.2) is 0 Å². The summed E-state index contributed by atoms with van der Waals surface area (Å²) in [4.78, 5) is 46.0. The number of fused-ring (bicyclic) bond motifs is 1. The number of rotatable bonds is 15. The number of carbonyl (C=O) groups excluding carboxylic acids is 3. The molecule has 1 aromatic carbocycles. The smallest absolute Gasteiger partial charge is 0.312 e. The first-order chi connectivity index (χ1) is 19.7. The Bertz CT molecular complexity index is 1170. The van der Waals surface area contributed by atoms with Crippen LogP contribution in [0.25, 0.3) is 0 Å². The van der Waals surface area contributed by atoms with Gasteiger partial charge in [-0.15, -0.1) is 13.2 Å². The first kappa shape index (κ1) is 31.0. The Morgan fingerprint density at radius 2 is 1.95 bits per heavy atom.